The molecule has 0 spiro atoms. The van der Waals surface area contributed by atoms with Gasteiger partial charge in [-0.1, -0.05) is 23.7 Å². The zero-order valence-corrected chi connectivity index (χ0v) is 17.5. The highest BCUT2D eigenvalue weighted by atomic mass is 35.5. The van der Waals surface area contributed by atoms with E-state index in [-0.39, 0.29) is 17.7 Å². The zero-order chi connectivity index (χ0) is 21.4. The number of aliphatic hydroxyl groups is 1. The molecule has 3 aromatic heterocycles. The van der Waals surface area contributed by atoms with E-state index < -0.39 is 0 Å². The Balaban J connectivity index is 1.72. The van der Waals surface area contributed by atoms with Gasteiger partial charge < -0.3 is 5.11 Å². The van der Waals surface area contributed by atoms with Gasteiger partial charge in [0.25, 0.3) is 5.56 Å². The molecule has 0 atom stereocenters. The van der Waals surface area contributed by atoms with E-state index in [9.17, 15) is 9.90 Å². The van der Waals surface area contributed by atoms with E-state index in [2.05, 4.69) is 9.97 Å². The molecule has 1 aliphatic rings. The lowest BCUT2D eigenvalue weighted by Crippen LogP contribution is -2.29. The summed E-state index contributed by atoms with van der Waals surface area (Å²) in [5, 5.41) is 11.0. The number of fused-ring (bicyclic) bond motifs is 1. The van der Waals surface area contributed by atoms with Crippen LogP contribution >= 0.6 is 11.6 Å². The number of nitrogens with zero attached hydrogens (tertiary/aromatic N) is 4. The SMILES string of the molecule is O=c1c2cc(-c3ccc(Cl)cc3)nc(-c3cccnc3)c2ncn1[C@H]1CC[C@@H](O)CC1. The maximum Gasteiger partial charge on any atom is 0.261 e. The van der Waals surface area contributed by atoms with Crippen LogP contribution in [0.2, 0.25) is 5.02 Å². The number of pyridine rings is 2. The van der Waals surface area contributed by atoms with Crippen LogP contribution in [0.4, 0.5) is 0 Å². The average Bonchev–Trinajstić information content (AvgIpc) is 2.81. The van der Waals surface area contributed by atoms with Crippen molar-refractivity contribution in [2.75, 3.05) is 0 Å². The molecule has 0 aliphatic heterocycles. The summed E-state index contributed by atoms with van der Waals surface area (Å²) in [6.45, 7) is 0. The van der Waals surface area contributed by atoms with Crippen LogP contribution in [-0.2, 0) is 0 Å². The summed E-state index contributed by atoms with van der Waals surface area (Å²) in [5.74, 6) is 0. The highest BCUT2D eigenvalue weighted by Gasteiger charge is 2.23. The molecule has 1 aromatic carbocycles. The van der Waals surface area contributed by atoms with Gasteiger partial charge in [0, 0.05) is 34.6 Å². The van der Waals surface area contributed by atoms with Crippen molar-refractivity contribution in [3.8, 4) is 22.5 Å². The first-order valence-corrected chi connectivity index (χ1v) is 10.7. The Morgan fingerprint density at radius 2 is 1.81 bits per heavy atom. The van der Waals surface area contributed by atoms with Gasteiger partial charge in [-0.3, -0.25) is 14.3 Å². The zero-order valence-electron chi connectivity index (χ0n) is 16.8. The summed E-state index contributed by atoms with van der Waals surface area (Å²) >= 11 is 6.05. The first-order valence-electron chi connectivity index (χ1n) is 10.4. The Morgan fingerprint density at radius 3 is 2.52 bits per heavy atom. The molecule has 0 radical (unpaired) electrons. The fraction of sp³-hybridized carbons (Fsp3) is 0.250. The number of hydrogen-bond donors (Lipinski definition) is 1. The lowest BCUT2D eigenvalue weighted by molar-refractivity contribution is 0.110. The first kappa shape index (κ1) is 19.8. The van der Waals surface area contributed by atoms with Gasteiger partial charge in [-0.05, 0) is 56.0 Å². The molecule has 5 rings (SSSR count). The molecule has 7 heteroatoms. The number of aromatic nitrogens is 4. The second-order valence-electron chi connectivity index (χ2n) is 7.92. The van der Waals surface area contributed by atoms with E-state index in [4.69, 9.17) is 16.6 Å². The lowest BCUT2D eigenvalue weighted by Gasteiger charge is -2.27. The molecule has 1 saturated carbocycles. The molecular weight excluding hydrogens is 412 g/mol. The summed E-state index contributed by atoms with van der Waals surface area (Å²) in [4.78, 5) is 27.2. The molecule has 1 N–H and O–H groups in total. The lowest BCUT2D eigenvalue weighted by atomic mass is 9.93. The summed E-state index contributed by atoms with van der Waals surface area (Å²) in [5.41, 5.74) is 3.44. The van der Waals surface area contributed by atoms with E-state index in [1.165, 1.54) is 0 Å². The van der Waals surface area contributed by atoms with Gasteiger partial charge in [-0.2, -0.15) is 0 Å². The summed E-state index contributed by atoms with van der Waals surface area (Å²) < 4.78 is 1.72. The van der Waals surface area contributed by atoms with E-state index in [0.717, 1.165) is 24.0 Å². The Labute approximate surface area is 184 Å². The Hall–Kier alpha value is -3.09. The molecule has 156 valence electrons. The smallest absolute Gasteiger partial charge is 0.261 e. The topological polar surface area (TPSA) is 80.9 Å². The number of halogens is 1. The molecule has 31 heavy (non-hydrogen) atoms. The minimum absolute atomic E-state index is 0.0433. The van der Waals surface area contributed by atoms with Gasteiger partial charge in [-0.25, -0.2) is 9.97 Å². The van der Waals surface area contributed by atoms with E-state index in [0.29, 0.717) is 40.2 Å². The third-order valence-corrected chi connectivity index (χ3v) is 6.16. The van der Waals surface area contributed by atoms with Crippen molar-refractivity contribution >= 4 is 22.5 Å². The maximum atomic E-state index is 13.5. The molecule has 6 nitrogen and oxygen atoms in total. The summed E-state index contributed by atoms with van der Waals surface area (Å²) in [6, 6.07) is 13.0. The second-order valence-corrected chi connectivity index (χ2v) is 8.36. The highest BCUT2D eigenvalue weighted by Crippen LogP contribution is 2.31. The van der Waals surface area contributed by atoms with Crippen molar-refractivity contribution in [3.63, 3.8) is 0 Å². The van der Waals surface area contributed by atoms with Crippen LogP contribution in [0.5, 0.6) is 0 Å². The van der Waals surface area contributed by atoms with Crippen LogP contribution in [-0.4, -0.2) is 30.7 Å². The van der Waals surface area contributed by atoms with Gasteiger partial charge in [0.15, 0.2) is 0 Å². The summed E-state index contributed by atoms with van der Waals surface area (Å²) in [7, 11) is 0. The molecule has 0 bridgehead atoms. The van der Waals surface area contributed by atoms with Crippen LogP contribution in [0.3, 0.4) is 0 Å². The Bertz CT molecular complexity index is 1280. The molecule has 3 heterocycles. The number of rotatable bonds is 3. The third-order valence-electron chi connectivity index (χ3n) is 5.90. The molecule has 0 unspecified atom stereocenters. The number of benzene rings is 1. The molecule has 0 saturated heterocycles. The van der Waals surface area contributed by atoms with Crippen molar-refractivity contribution < 1.29 is 5.11 Å². The van der Waals surface area contributed by atoms with Crippen LogP contribution < -0.4 is 5.56 Å². The minimum Gasteiger partial charge on any atom is -0.393 e. The fourth-order valence-electron chi connectivity index (χ4n) is 4.21. The molecule has 4 aromatic rings. The standard InChI is InChI=1S/C24H21ClN4O2/c25-17-5-3-15(4-6-17)21-12-20-23(22(28-21)16-2-1-11-26-13-16)27-14-29(24(20)31)18-7-9-19(30)10-8-18/h1-6,11-14,18-19,30H,7-10H2/t18-,19+. The number of aliphatic hydroxyl groups excluding tert-OH is 1. The van der Waals surface area contributed by atoms with Gasteiger partial charge in [0.05, 0.1) is 29.2 Å². The van der Waals surface area contributed by atoms with Gasteiger partial charge in [0.1, 0.15) is 5.52 Å². The maximum absolute atomic E-state index is 13.5. The van der Waals surface area contributed by atoms with Crippen molar-refractivity contribution in [1.82, 2.24) is 19.5 Å². The largest absolute Gasteiger partial charge is 0.393 e. The normalized spacial score (nSPS) is 18.9. The predicted octanol–water partition coefficient (Wildman–Crippen LogP) is 4.65. The molecule has 1 aliphatic carbocycles. The molecule has 0 amide bonds. The fourth-order valence-corrected chi connectivity index (χ4v) is 4.34. The number of hydrogen-bond acceptors (Lipinski definition) is 5. The van der Waals surface area contributed by atoms with Gasteiger partial charge >= 0.3 is 0 Å². The van der Waals surface area contributed by atoms with Crippen molar-refractivity contribution in [2.45, 2.75) is 37.8 Å². The Kier molecular flexibility index (Phi) is 5.26. The minimum atomic E-state index is -0.279. The average molecular weight is 433 g/mol. The van der Waals surface area contributed by atoms with Crippen molar-refractivity contribution in [2.24, 2.45) is 0 Å². The van der Waals surface area contributed by atoms with E-state index in [1.54, 1.807) is 35.4 Å². The van der Waals surface area contributed by atoms with Crippen molar-refractivity contribution in [1.29, 1.82) is 0 Å². The van der Waals surface area contributed by atoms with Crippen molar-refractivity contribution in [3.05, 3.63) is 76.6 Å². The van der Waals surface area contributed by atoms with Gasteiger partial charge in [-0.15, -0.1) is 0 Å². The van der Waals surface area contributed by atoms with Crippen LogP contribution in [0.1, 0.15) is 31.7 Å². The van der Waals surface area contributed by atoms with Crippen LogP contribution in [0.25, 0.3) is 33.4 Å². The van der Waals surface area contributed by atoms with Crippen LogP contribution in [0, 0.1) is 0 Å². The monoisotopic (exact) mass is 432 g/mol. The highest BCUT2D eigenvalue weighted by molar-refractivity contribution is 6.30. The second kappa shape index (κ2) is 8.21. The summed E-state index contributed by atoms with van der Waals surface area (Å²) in [6.07, 6.45) is 7.69. The molecule has 1 fully saturated rings. The third kappa shape index (κ3) is 3.84. The van der Waals surface area contributed by atoms with Gasteiger partial charge in [0.2, 0.25) is 0 Å². The molecular formula is C24H21ClN4O2. The van der Waals surface area contributed by atoms with E-state index in [1.807, 2.05) is 30.3 Å². The first-order chi connectivity index (χ1) is 15.1. The quantitative estimate of drug-likeness (QED) is 0.509. The predicted molar refractivity (Wildman–Crippen MR) is 121 cm³/mol. The van der Waals surface area contributed by atoms with Crippen LogP contribution in [0.15, 0.2) is 66.0 Å². The van der Waals surface area contributed by atoms with E-state index >= 15 is 0 Å². The Morgan fingerprint density at radius 1 is 1.03 bits per heavy atom.